The Morgan fingerprint density at radius 1 is 0.629 bits per heavy atom. The predicted octanol–water partition coefficient (Wildman–Crippen LogP) is 8.10. The van der Waals surface area contributed by atoms with Crippen molar-refractivity contribution in [3.05, 3.63) is 24.3 Å². The van der Waals surface area contributed by atoms with Gasteiger partial charge in [0.25, 0.3) is 0 Å². The minimum Gasteiger partial charge on any atom is -0.373 e. The van der Waals surface area contributed by atoms with Crippen molar-refractivity contribution in [3.63, 3.8) is 0 Å². The molecular weight excluding hydrogens is 457 g/mol. The lowest BCUT2D eigenvalue weighted by atomic mass is 10.1. The Bertz CT molecular complexity index is 594. The van der Waals surface area contributed by atoms with Crippen LogP contribution >= 0.6 is 7.60 Å². The lowest BCUT2D eigenvalue weighted by Crippen LogP contribution is -2.49. The van der Waals surface area contributed by atoms with E-state index in [1.807, 2.05) is 21.1 Å². The van der Waals surface area contributed by atoms with Crippen LogP contribution < -0.4 is 0 Å². The number of hydrogen-bond acceptors (Lipinski definition) is 2. The average molecular weight is 517 g/mol. The van der Waals surface area contributed by atoms with Crippen LogP contribution in [0.3, 0.4) is 0 Å². The lowest BCUT2D eigenvalue weighted by molar-refractivity contribution is -0.875. The Morgan fingerprint density at radius 3 is 1.40 bits per heavy atom. The van der Waals surface area contributed by atoms with Crippen molar-refractivity contribution in [3.8, 4) is 0 Å². The summed E-state index contributed by atoms with van der Waals surface area (Å²) in [5.41, 5.74) is 0. The van der Waals surface area contributed by atoms with E-state index in [1.54, 1.807) is 0 Å². The molecule has 1 unspecified atom stereocenters. The first-order valence-corrected chi connectivity index (χ1v) is 16.0. The summed E-state index contributed by atoms with van der Waals surface area (Å²) in [5.74, 6) is 0. The molecule has 0 aromatic carbocycles. The van der Waals surface area contributed by atoms with Crippen LogP contribution in [0.4, 0.5) is 0 Å². The van der Waals surface area contributed by atoms with Crippen LogP contribution in [0, 0.1) is 0 Å². The van der Waals surface area contributed by atoms with E-state index < -0.39 is 12.9 Å². The highest BCUT2D eigenvalue weighted by Crippen LogP contribution is 2.52. The molecule has 208 valence electrons. The third-order valence-electron chi connectivity index (χ3n) is 6.53. The molecule has 0 saturated carbocycles. The third kappa shape index (κ3) is 21.4. The number of hydrogen-bond donors (Lipinski definition) is 3. The largest absolute Gasteiger partial charge is 0.373 e. The maximum Gasteiger partial charge on any atom is 0.362 e. The van der Waals surface area contributed by atoms with Crippen molar-refractivity contribution in [2.24, 2.45) is 0 Å². The zero-order valence-corrected chi connectivity index (χ0v) is 24.5. The predicted molar refractivity (Wildman–Crippen MR) is 152 cm³/mol. The van der Waals surface area contributed by atoms with Crippen LogP contribution in [0.25, 0.3) is 0 Å². The summed E-state index contributed by atoms with van der Waals surface area (Å²) >= 11 is 0. The molecule has 0 aromatic rings. The summed E-state index contributed by atoms with van der Waals surface area (Å²) < 4.78 is 12.1. The van der Waals surface area contributed by atoms with Crippen molar-refractivity contribution in [2.45, 2.75) is 134 Å². The van der Waals surface area contributed by atoms with E-state index in [0.29, 0.717) is 10.9 Å². The van der Waals surface area contributed by atoms with Gasteiger partial charge in [0.1, 0.15) is 6.54 Å². The monoisotopic (exact) mass is 516 g/mol. The van der Waals surface area contributed by atoms with Gasteiger partial charge in [-0.25, -0.2) is 0 Å². The smallest absolute Gasteiger partial charge is 0.362 e. The minimum absolute atomic E-state index is 0.0493. The number of allylic oxidation sites excluding steroid dienone is 4. The Hall–Kier alpha value is -0.450. The molecule has 0 aliphatic heterocycles. The number of nitrogens with zero attached hydrogens (tertiary/aromatic N) is 1. The number of aliphatic hydroxyl groups is 1. The number of rotatable bonds is 24. The van der Waals surface area contributed by atoms with Gasteiger partial charge in [-0.15, -0.1) is 0 Å². The molecular formula is C29H59NO4P+. The molecule has 0 fully saturated rings. The van der Waals surface area contributed by atoms with Gasteiger partial charge in [0.2, 0.25) is 5.34 Å². The van der Waals surface area contributed by atoms with E-state index in [1.165, 1.54) is 70.6 Å². The Morgan fingerprint density at radius 2 is 1.00 bits per heavy atom. The summed E-state index contributed by atoms with van der Waals surface area (Å²) in [6.07, 6.45) is 31.3. The number of unbranched alkanes of at least 4 members (excludes halogenated alkanes) is 15. The van der Waals surface area contributed by atoms with Crippen LogP contribution in [0.1, 0.15) is 129 Å². The SMILES string of the molecule is CCCCCCCCCCCC/C=C\CC/C=C\CCCCCCC(O)(C[N+](C)(C)C)P(=O)(O)O. The van der Waals surface area contributed by atoms with E-state index >= 15 is 0 Å². The molecule has 0 aromatic heterocycles. The topological polar surface area (TPSA) is 77.8 Å². The van der Waals surface area contributed by atoms with Crippen molar-refractivity contribution in [1.29, 1.82) is 0 Å². The second kappa shape index (κ2) is 20.6. The molecule has 0 aliphatic rings. The maximum absolute atomic E-state index is 11.8. The summed E-state index contributed by atoms with van der Waals surface area (Å²) in [6, 6.07) is 0. The second-order valence-electron chi connectivity index (χ2n) is 11.4. The van der Waals surface area contributed by atoms with E-state index in [4.69, 9.17) is 0 Å². The van der Waals surface area contributed by atoms with Gasteiger partial charge < -0.3 is 19.4 Å². The zero-order chi connectivity index (χ0) is 26.5. The third-order valence-corrected chi connectivity index (χ3v) is 7.97. The van der Waals surface area contributed by atoms with E-state index in [0.717, 1.165) is 38.5 Å². The van der Waals surface area contributed by atoms with Gasteiger partial charge in [-0.2, -0.15) is 0 Å². The summed E-state index contributed by atoms with van der Waals surface area (Å²) in [6.45, 7) is 2.32. The highest BCUT2D eigenvalue weighted by Gasteiger charge is 2.48. The van der Waals surface area contributed by atoms with Crippen LogP contribution in [-0.4, -0.2) is 52.4 Å². The van der Waals surface area contributed by atoms with Crippen LogP contribution in [0.2, 0.25) is 0 Å². The van der Waals surface area contributed by atoms with Crippen molar-refractivity contribution < 1.29 is 23.9 Å². The summed E-state index contributed by atoms with van der Waals surface area (Å²) in [4.78, 5) is 19.2. The average Bonchev–Trinajstić information content (AvgIpc) is 2.75. The van der Waals surface area contributed by atoms with Gasteiger partial charge in [-0.1, -0.05) is 102 Å². The molecule has 0 spiro atoms. The second-order valence-corrected chi connectivity index (χ2v) is 13.3. The van der Waals surface area contributed by atoms with Gasteiger partial charge in [0, 0.05) is 0 Å². The number of quaternary nitrogens is 1. The molecule has 0 heterocycles. The molecule has 0 aliphatic carbocycles. The normalized spacial score (nSPS) is 14.8. The highest BCUT2D eigenvalue weighted by atomic mass is 31.2. The maximum atomic E-state index is 11.8. The number of likely N-dealkylation sites (N-methyl/N-ethyl adjacent to an activating group) is 1. The molecule has 6 heteroatoms. The van der Waals surface area contributed by atoms with E-state index in [9.17, 15) is 19.5 Å². The molecule has 3 N–H and O–H groups in total. The first kappa shape index (κ1) is 34.6. The van der Waals surface area contributed by atoms with E-state index in [2.05, 4.69) is 31.2 Å². The Labute approximate surface area is 217 Å². The molecule has 5 nitrogen and oxygen atoms in total. The molecule has 0 amide bonds. The van der Waals surface area contributed by atoms with Gasteiger partial charge in [0.05, 0.1) is 21.1 Å². The standard InChI is InChI=1S/C29H58NO4P/c1-5-6-7-8-9-10-11-12-13-14-15-16-17-18-19-20-21-22-23-24-25-26-27-29(31,35(32,33)34)28-30(2,3)4/h16-17,20-21,31H,5-15,18-19,22-28H2,1-4H3,(H-,32,33,34)/p+1/b17-16-,21-20-. The molecule has 0 radical (unpaired) electrons. The van der Waals surface area contributed by atoms with Crippen molar-refractivity contribution >= 4 is 7.60 Å². The van der Waals surface area contributed by atoms with Gasteiger partial charge in [0.15, 0.2) is 0 Å². The minimum atomic E-state index is -4.56. The molecule has 0 saturated heterocycles. The Balaban J connectivity index is 3.62. The van der Waals surface area contributed by atoms with Crippen molar-refractivity contribution in [1.82, 2.24) is 0 Å². The van der Waals surface area contributed by atoms with Gasteiger partial charge >= 0.3 is 7.60 Å². The van der Waals surface area contributed by atoms with Gasteiger partial charge in [-0.05, 0) is 51.4 Å². The first-order chi connectivity index (χ1) is 16.5. The van der Waals surface area contributed by atoms with Crippen LogP contribution in [-0.2, 0) is 4.57 Å². The zero-order valence-electron chi connectivity index (χ0n) is 23.6. The summed E-state index contributed by atoms with van der Waals surface area (Å²) in [5, 5.41) is 8.63. The lowest BCUT2D eigenvalue weighted by Gasteiger charge is -2.35. The van der Waals surface area contributed by atoms with Gasteiger partial charge in [-0.3, -0.25) is 4.57 Å². The fourth-order valence-corrected chi connectivity index (χ4v) is 5.57. The molecule has 35 heavy (non-hydrogen) atoms. The van der Waals surface area contributed by atoms with Crippen LogP contribution in [0.15, 0.2) is 24.3 Å². The highest BCUT2D eigenvalue weighted by molar-refractivity contribution is 7.53. The molecule has 1 atom stereocenters. The van der Waals surface area contributed by atoms with E-state index in [-0.39, 0.29) is 13.0 Å². The quantitative estimate of drug-likeness (QED) is 0.0524. The molecule has 0 bridgehead atoms. The Kier molecular flexibility index (Phi) is 20.3. The molecule has 0 rings (SSSR count). The fraction of sp³-hybridized carbons (Fsp3) is 0.862. The fourth-order valence-electron chi connectivity index (χ4n) is 4.51. The summed E-state index contributed by atoms with van der Waals surface area (Å²) in [7, 11) is 0.946. The first-order valence-electron chi connectivity index (χ1n) is 14.4. The van der Waals surface area contributed by atoms with Crippen molar-refractivity contribution in [2.75, 3.05) is 27.7 Å². The van der Waals surface area contributed by atoms with Crippen LogP contribution in [0.5, 0.6) is 0 Å².